The zero-order valence-electron chi connectivity index (χ0n) is 10.9. The lowest BCUT2D eigenvalue weighted by Crippen LogP contribution is -2.62. The molecular weight excluding hydrogens is 248 g/mol. The first-order valence-electron chi connectivity index (χ1n) is 6.22. The number of hydrogen-bond acceptors (Lipinski definition) is 4. The van der Waals surface area contributed by atoms with Crippen LogP contribution in [0.2, 0.25) is 0 Å². The highest BCUT2D eigenvalue weighted by atomic mass is 32.1. The number of likely N-dealkylation sites (N-methyl/N-ethyl adjacent to an activating group) is 1. The summed E-state index contributed by atoms with van der Waals surface area (Å²) in [4.78, 5) is 15.7. The minimum Gasteiger partial charge on any atom is -0.387 e. The van der Waals surface area contributed by atoms with E-state index in [1.807, 2.05) is 30.3 Å². The van der Waals surface area contributed by atoms with Gasteiger partial charge in [-0.15, -0.1) is 0 Å². The number of carbonyl (C=O) groups is 1. The van der Waals surface area contributed by atoms with E-state index in [0.29, 0.717) is 26.2 Å². The fourth-order valence-corrected chi connectivity index (χ4v) is 2.84. The summed E-state index contributed by atoms with van der Waals surface area (Å²) in [5, 5.41) is 14.0. The topological polar surface area (TPSA) is 43.8 Å². The summed E-state index contributed by atoms with van der Waals surface area (Å²) in [5.74, 6) is 0.111. The van der Waals surface area contributed by atoms with Crippen LogP contribution in [0.15, 0.2) is 16.8 Å². The number of likely N-dealkylation sites (tertiary alicyclic amines) is 1. The van der Waals surface area contributed by atoms with Crippen LogP contribution in [0.25, 0.3) is 0 Å². The van der Waals surface area contributed by atoms with E-state index in [2.05, 4.69) is 5.38 Å². The van der Waals surface area contributed by atoms with Gasteiger partial charge in [-0.05, 0) is 28.8 Å². The Morgan fingerprint density at radius 2 is 2.33 bits per heavy atom. The molecule has 18 heavy (non-hydrogen) atoms. The smallest absolute Gasteiger partial charge is 0.236 e. The van der Waals surface area contributed by atoms with Gasteiger partial charge in [0.25, 0.3) is 0 Å². The van der Waals surface area contributed by atoms with Crippen LogP contribution in [-0.4, -0.2) is 53.1 Å². The largest absolute Gasteiger partial charge is 0.387 e. The van der Waals surface area contributed by atoms with Crippen LogP contribution >= 0.6 is 11.3 Å². The lowest BCUT2D eigenvalue weighted by atomic mass is 9.91. The Kier molecular flexibility index (Phi) is 4.04. The summed E-state index contributed by atoms with van der Waals surface area (Å²) < 4.78 is 0. The van der Waals surface area contributed by atoms with Crippen LogP contribution in [0, 0.1) is 0 Å². The van der Waals surface area contributed by atoms with Crippen molar-refractivity contribution in [2.24, 2.45) is 0 Å². The van der Waals surface area contributed by atoms with Crippen molar-refractivity contribution >= 4 is 17.2 Å². The second-order valence-corrected chi connectivity index (χ2v) is 5.88. The molecule has 0 saturated carbocycles. The molecular formula is C13H20N2O2S. The minimum atomic E-state index is -0.563. The van der Waals surface area contributed by atoms with Crippen molar-refractivity contribution < 1.29 is 9.90 Å². The Labute approximate surface area is 112 Å². The molecule has 1 saturated heterocycles. The molecule has 0 atom stereocenters. The van der Waals surface area contributed by atoms with Gasteiger partial charge in [0.1, 0.15) is 0 Å². The van der Waals surface area contributed by atoms with Gasteiger partial charge >= 0.3 is 0 Å². The lowest BCUT2D eigenvalue weighted by Gasteiger charge is -2.46. The number of thiophene rings is 1. The van der Waals surface area contributed by atoms with E-state index in [0.717, 1.165) is 6.42 Å². The average molecular weight is 268 g/mol. The molecule has 1 aromatic heterocycles. The number of aliphatic hydroxyl groups is 1. The first kappa shape index (κ1) is 13.5. The van der Waals surface area contributed by atoms with Crippen molar-refractivity contribution in [3.05, 3.63) is 22.4 Å². The van der Waals surface area contributed by atoms with Crippen molar-refractivity contribution in [1.29, 1.82) is 0 Å². The summed E-state index contributed by atoms with van der Waals surface area (Å²) in [5.41, 5.74) is 0.608. The fourth-order valence-electron chi connectivity index (χ4n) is 2.18. The molecule has 1 aliphatic heterocycles. The number of β-amino-alcohol motifs (C(OH)–C–C–N with tert-alkyl or cyclic N) is 1. The number of carbonyl (C=O) groups excluding carboxylic acids is 1. The summed E-state index contributed by atoms with van der Waals surface area (Å²) in [6.45, 7) is 4.27. The normalized spacial score (nSPS) is 18.4. The van der Waals surface area contributed by atoms with Crippen LogP contribution in [0.5, 0.6) is 0 Å². The van der Waals surface area contributed by atoms with Crippen molar-refractivity contribution in [3.8, 4) is 0 Å². The first-order chi connectivity index (χ1) is 8.52. The summed E-state index contributed by atoms with van der Waals surface area (Å²) in [7, 11) is 1.83. The van der Waals surface area contributed by atoms with Crippen LogP contribution in [0.3, 0.4) is 0 Å². The quantitative estimate of drug-likeness (QED) is 0.871. The van der Waals surface area contributed by atoms with E-state index in [4.69, 9.17) is 0 Å². The van der Waals surface area contributed by atoms with E-state index in [1.54, 1.807) is 16.2 Å². The molecule has 1 aliphatic rings. The highest BCUT2D eigenvalue weighted by Crippen LogP contribution is 2.23. The van der Waals surface area contributed by atoms with Crippen LogP contribution < -0.4 is 0 Å². The maximum Gasteiger partial charge on any atom is 0.236 e. The Morgan fingerprint density at radius 3 is 2.89 bits per heavy atom. The predicted molar refractivity (Wildman–Crippen MR) is 72.5 cm³/mol. The summed E-state index contributed by atoms with van der Waals surface area (Å²) >= 11 is 1.64. The third-order valence-corrected chi connectivity index (χ3v) is 4.21. The fraction of sp³-hybridized carbons (Fsp3) is 0.615. The van der Waals surface area contributed by atoms with Gasteiger partial charge in [0, 0.05) is 26.7 Å². The highest BCUT2D eigenvalue weighted by Gasteiger charge is 2.40. The van der Waals surface area contributed by atoms with Gasteiger partial charge in [-0.2, -0.15) is 11.3 Å². The number of hydrogen-bond donors (Lipinski definition) is 1. The van der Waals surface area contributed by atoms with Crippen LogP contribution in [-0.2, 0) is 11.3 Å². The Balaban J connectivity index is 1.75. The van der Waals surface area contributed by atoms with E-state index in [-0.39, 0.29) is 5.91 Å². The van der Waals surface area contributed by atoms with Gasteiger partial charge in [-0.25, -0.2) is 0 Å². The molecule has 0 unspecified atom stereocenters. The van der Waals surface area contributed by atoms with Gasteiger partial charge < -0.3 is 10.0 Å². The molecule has 2 heterocycles. The second kappa shape index (κ2) is 5.38. The van der Waals surface area contributed by atoms with Crippen molar-refractivity contribution in [2.45, 2.75) is 25.5 Å². The van der Waals surface area contributed by atoms with Crippen LogP contribution in [0.1, 0.15) is 18.9 Å². The number of nitrogens with zero attached hydrogens (tertiary/aromatic N) is 2. The molecule has 0 spiro atoms. The monoisotopic (exact) mass is 268 g/mol. The highest BCUT2D eigenvalue weighted by molar-refractivity contribution is 7.07. The molecule has 1 fully saturated rings. The van der Waals surface area contributed by atoms with Gasteiger partial charge in [0.2, 0.25) is 5.91 Å². The standard InChI is InChI=1S/C13H20N2O2S/c1-3-13(17)9-15(10-13)7-12(16)14(2)6-11-4-5-18-8-11/h4-5,8,17H,3,6-7,9-10H2,1-2H3. The minimum absolute atomic E-state index is 0.111. The maximum absolute atomic E-state index is 12.0. The second-order valence-electron chi connectivity index (χ2n) is 5.10. The van der Waals surface area contributed by atoms with E-state index < -0.39 is 5.60 Å². The van der Waals surface area contributed by atoms with Crippen molar-refractivity contribution in [1.82, 2.24) is 9.80 Å². The molecule has 0 aliphatic carbocycles. The zero-order chi connectivity index (χ0) is 13.2. The molecule has 1 aromatic rings. The third kappa shape index (κ3) is 3.10. The molecule has 0 radical (unpaired) electrons. The van der Waals surface area contributed by atoms with Crippen molar-refractivity contribution in [2.75, 3.05) is 26.7 Å². The molecule has 2 rings (SSSR count). The number of rotatable bonds is 5. The lowest BCUT2D eigenvalue weighted by molar-refractivity contribution is -0.141. The Bertz CT molecular complexity index is 399. The average Bonchev–Trinajstić information content (AvgIpc) is 2.79. The SMILES string of the molecule is CCC1(O)CN(CC(=O)N(C)Cc2ccsc2)C1. The van der Waals surface area contributed by atoms with E-state index in [9.17, 15) is 9.90 Å². The van der Waals surface area contributed by atoms with Gasteiger partial charge in [-0.3, -0.25) is 9.69 Å². The van der Waals surface area contributed by atoms with Crippen LogP contribution in [0.4, 0.5) is 0 Å². The molecule has 0 aromatic carbocycles. The first-order valence-corrected chi connectivity index (χ1v) is 7.16. The zero-order valence-corrected chi connectivity index (χ0v) is 11.7. The molecule has 100 valence electrons. The molecule has 1 N–H and O–H groups in total. The summed E-state index contributed by atoms with van der Waals surface area (Å²) in [6.07, 6.45) is 0.752. The predicted octanol–water partition coefficient (Wildman–Crippen LogP) is 1.16. The van der Waals surface area contributed by atoms with Crippen molar-refractivity contribution in [3.63, 3.8) is 0 Å². The van der Waals surface area contributed by atoms with Gasteiger partial charge in [-0.1, -0.05) is 6.92 Å². The third-order valence-electron chi connectivity index (χ3n) is 3.48. The Hall–Kier alpha value is -0.910. The molecule has 4 nitrogen and oxygen atoms in total. The molecule has 5 heteroatoms. The molecule has 1 amide bonds. The van der Waals surface area contributed by atoms with E-state index >= 15 is 0 Å². The molecule has 0 bridgehead atoms. The van der Waals surface area contributed by atoms with Gasteiger partial charge in [0.05, 0.1) is 12.1 Å². The maximum atomic E-state index is 12.0. The number of amides is 1. The van der Waals surface area contributed by atoms with E-state index in [1.165, 1.54) is 5.56 Å². The van der Waals surface area contributed by atoms with Gasteiger partial charge in [0.15, 0.2) is 0 Å². The summed E-state index contributed by atoms with van der Waals surface area (Å²) in [6, 6.07) is 2.04. The Morgan fingerprint density at radius 1 is 1.61 bits per heavy atom.